The summed E-state index contributed by atoms with van der Waals surface area (Å²) >= 11 is 0. The van der Waals surface area contributed by atoms with Crippen molar-refractivity contribution in [2.24, 2.45) is 5.92 Å². The van der Waals surface area contributed by atoms with E-state index in [0.717, 1.165) is 58.4 Å². The van der Waals surface area contributed by atoms with Crippen molar-refractivity contribution >= 4 is 0 Å². The predicted molar refractivity (Wildman–Crippen MR) is 80.4 cm³/mol. The second-order valence-corrected chi connectivity index (χ2v) is 5.79. The Hall–Kier alpha value is -0.120. The molecule has 1 aliphatic heterocycles. The Morgan fingerprint density at radius 3 is 2.05 bits per heavy atom. The van der Waals surface area contributed by atoms with E-state index in [-0.39, 0.29) is 11.6 Å². The molecule has 1 heterocycles. The second-order valence-electron chi connectivity index (χ2n) is 5.79. The lowest BCUT2D eigenvalue weighted by Gasteiger charge is -2.47. The van der Waals surface area contributed by atoms with Gasteiger partial charge in [-0.1, -0.05) is 27.7 Å². The first kappa shape index (κ1) is 16.9. The van der Waals surface area contributed by atoms with Gasteiger partial charge in [0.15, 0.2) is 0 Å². The summed E-state index contributed by atoms with van der Waals surface area (Å²) in [6.07, 6.45) is 4.98. The second kappa shape index (κ2) is 8.23. The first-order valence-electron chi connectivity index (χ1n) is 8.15. The molecule has 0 amide bonds. The zero-order valence-electron chi connectivity index (χ0n) is 13.3. The Labute approximate surface area is 119 Å². The van der Waals surface area contributed by atoms with E-state index in [9.17, 15) is 5.11 Å². The lowest BCUT2D eigenvalue weighted by atomic mass is 9.79. The molecule has 0 saturated carbocycles. The van der Waals surface area contributed by atoms with E-state index in [2.05, 4.69) is 32.6 Å². The summed E-state index contributed by atoms with van der Waals surface area (Å²) in [5, 5.41) is 10.9. The molecule has 1 saturated heterocycles. The minimum atomic E-state index is -0.217. The summed E-state index contributed by atoms with van der Waals surface area (Å²) in [5.41, 5.74) is -0.0399. The molecule has 1 atom stereocenters. The van der Waals surface area contributed by atoms with Crippen molar-refractivity contribution in [3.63, 3.8) is 0 Å². The number of nitrogens with zero attached hydrogens (tertiary/aromatic N) is 1. The number of aliphatic hydroxyl groups excluding tert-OH is 1. The maximum Gasteiger partial charge on any atom is 0.0726 e. The van der Waals surface area contributed by atoms with Crippen LogP contribution in [0.3, 0.4) is 0 Å². The molecule has 0 aromatic rings. The minimum Gasteiger partial charge on any atom is -0.391 e. The molecule has 0 aromatic carbocycles. The largest absolute Gasteiger partial charge is 0.391 e. The van der Waals surface area contributed by atoms with Gasteiger partial charge in [0.05, 0.1) is 6.10 Å². The quantitative estimate of drug-likeness (QED) is 0.736. The van der Waals surface area contributed by atoms with E-state index in [0.29, 0.717) is 5.92 Å². The fourth-order valence-corrected chi connectivity index (χ4v) is 3.75. The van der Waals surface area contributed by atoms with Crippen molar-refractivity contribution in [2.75, 3.05) is 26.3 Å². The zero-order valence-corrected chi connectivity index (χ0v) is 13.3. The van der Waals surface area contributed by atoms with Crippen molar-refractivity contribution in [3.05, 3.63) is 0 Å². The molecule has 19 heavy (non-hydrogen) atoms. The summed E-state index contributed by atoms with van der Waals surface area (Å²) in [7, 11) is 0. The maximum atomic E-state index is 10.9. The average molecular weight is 271 g/mol. The molecule has 1 fully saturated rings. The van der Waals surface area contributed by atoms with Crippen molar-refractivity contribution < 1.29 is 9.84 Å². The number of hydrogen-bond acceptors (Lipinski definition) is 3. The van der Waals surface area contributed by atoms with Crippen molar-refractivity contribution in [1.82, 2.24) is 4.90 Å². The first-order valence-corrected chi connectivity index (χ1v) is 8.15. The number of ether oxygens (including phenoxy) is 1. The van der Waals surface area contributed by atoms with Crippen molar-refractivity contribution in [3.8, 4) is 0 Å². The van der Waals surface area contributed by atoms with Gasteiger partial charge in [-0.05, 0) is 51.1 Å². The molecule has 0 spiro atoms. The molecule has 0 radical (unpaired) electrons. The highest BCUT2D eigenvalue weighted by Gasteiger charge is 2.39. The number of likely N-dealkylation sites (N-methyl/N-ethyl adjacent to an activating group) is 1. The average Bonchev–Trinajstić information content (AvgIpc) is 2.45. The first-order chi connectivity index (χ1) is 9.14. The molecular weight excluding hydrogens is 238 g/mol. The molecule has 1 unspecified atom stereocenters. The number of rotatable bonds is 8. The monoisotopic (exact) mass is 271 g/mol. The molecule has 1 rings (SSSR count). The highest BCUT2D eigenvalue weighted by atomic mass is 16.5. The van der Waals surface area contributed by atoms with Crippen LogP contribution in [-0.2, 0) is 4.74 Å². The third-order valence-corrected chi connectivity index (χ3v) is 5.14. The van der Waals surface area contributed by atoms with Gasteiger partial charge in [-0.15, -0.1) is 0 Å². The van der Waals surface area contributed by atoms with Crippen LogP contribution in [0.25, 0.3) is 0 Å². The van der Waals surface area contributed by atoms with Gasteiger partial charge in [0.2, 0.25) is 0 Å². The Morgan fingerprint density at radius 1 is 1.11 bits per heavy atom. The smallest absolute Gasteiger partial charge is 0.0726 e. The zero-order chi connectivity index (χ0) is 14.3. The third kappa shape index (κ3) is 3.93. The van der Waals surface area contributed by atoms with E-state index in [1.165, 1.54) is 0 Å². The summed E-state index contributed by atoms with van der Waals surface area (Å²) < 4.78 is 5.42. The molecule has 3 heteroatoms. The highest BCUT2D eigenvalue weighted by Crippen LogP contribution is 2.33. The van der Waals surface area contributed by atoms with Crippen LogP contribution in [0, 0.1) is 5.92 Å². The van der Waals surface area contributed by atoms with Gasteiger partial charge in [0, 0.05) is 18.8 Å². The molecule has 1 N–H and O–H groups in total. The summed E-state index contributed by atoms with van der Waals surface area (Å²) in [5.74, 6) is 0.636. The number of aliphatic hydroxyl groups is 1. The normalized spacial score (nSPS) is 19.9. The van der Waals surface area contributed by atoms with Crippen LogP contribution < -0.4 is 0 Å². The minimum absolute atomic E-state index is 0.0399. The molecule has 3 nitrogen and oxygen atoms in total. The van der Waals surface area contributed by atoms with Crippen LogP contribution >= 0.6 is 0 Å². The van der Waals surface area contributed by atoms with Crippen LogP contribution in [0.5, 0.6) is 0 Å². The van der Waals surface area contributed by atoms with Gasteiger partial charge < -0.3 is 9.84 Å². The summed E-state index contributed by atoms with van der Waals surface area (Å²) in [6.45, 7) is 12.6. The standard InChI is InChI=1S/C16H33NO2/c1-5-16(6-2,17(7-3)8-4)15(18)13-14-9-11-19-12-10-14/h14-15,18H,5-13H2,1-4H3. The third-order valence-electron chi connectivity index (χ3n) is 5.14. The molecule has 0 aromatic heterocycles. The lowest BCUT2D eigenvalue weighted by Crippen LogP contribution is -2.56. The fraction of sp³-hybridized carbons (Fsp3) is 1.00. The number of hydrogen-bond donors (Lipinski definition) is 1. The molecule has 1 aliphatic rings. The lowest BCUT2D eigenvalue weighted by molar-refractivity contribution is -0.0541. The van der Waals surface area contributed by atoms with E-state index in [4.69, 9.17) is 4.74 Å². The van der Waals surface area contributed by atoms with Crippen LogP contribution in [0.2, 0.25) is 0 Å². The van der Waals surface area contributed by atoms with E-state index < -0.39 is 0 Å². The Balaban J connectivity index is 2.72. The van der Waals surface area contributed by atoms with E-state index >= 15 is 0 Å². The molecular formula is C16H33NO2. The van der Waals surface area contributed by atoms with Gasteiger partial charge in [-0.3, -0.25) is 4.90 Å². The van der Waals surface area contributed by atoms with Gasteiger partial charge in [0.1, 0.15) is 0 Å². The van der Waals surface area contributed by atoms with Gasteiger partial charge in [0.25, 0.3) is 0 Å². The SMILES string of the molecule is CCN(CC)C(CC)(CC)C(O)CC1CCOCC1. The predicted octanol–water partition coefficient (Wildman–Crippen LogP) is 3.06. The van der Waals surface area contributed by atoms with Crippen molar-refractivity contribution in [1.29, 1.82) is 0 Å². The Kier molecular flexibility index (Phi) is 7.33. The van der Waals surface area contributed by atoms with Gasteiger partial charge >= 0.3 is 0 Å². The molecule has 0 bridgehead atoms. The van der Waals surface area contributed by atoms with Gasteiger partial charge in [-0.25, -0.2) is 0 Å². The van der Waals surface area contributed by atoms with Crippen LogP contribution in [0.1, 0.15) is 59.8 Å². The molecule has 114 valence electrons. The van der Waals surface area contributed by atoms with Crippen LogP contribution in [0.15, 0.2) is 0 Å². The summed E-state index contributed by atoms with van der Waals surface area (Å²) in [4.78, 5) is 2.46. The fourth-order valence-electron chi connectivity index (χ4n) is 3.75. The van der Waals surface area contributed by atoms with E-state index in [1.807, 2.05) is 0 Å². The van der Waals surface area contributed by atoms with Crippen molar-refractivity contribution in [2.45, 2.75) is 71.4 Å². The Morgan fingerprint density at radius 2 is 1.63 bits per heavy atom. The Bertz CT molecular complexity index is 231. The van der Waals surface area contributed by atoms with Crippen LogP contribution in [-0.4, -0.2) is 48.0 Å². The maximum absolute atomic E-state index is 10.9. The van der Waals surface area contributed by atoms with Crippen LogP contribution in [0.4, 0.5) is 0 Å². The highest BCUT2D eigenvalue weighted by molar-refractivity contribution is 4.95. The van der Waals surface area contributed by atoms with Gasteiger partial charge in [-0.2, -0.15) is 0 Å². The topological polar surface area (TPSA) is 32.7 Å². The molecule has 0 aliphatic carbocycles. The summed E-state index contributed by atoms with van der Waals surface area (Å²) in [6, 6.07) is 0. The van der Waals surface area contributed by atoms with E-state index in [1.54, 1.807) is 0 Å².